The number of rotatable bonds is 9. The number of hydrogen-bond acceptors (Lipinski definition) is 3. The molecule has 0 aliphatic carbocycles. The molecule has 0 saturated heterocycles. The van der Waals surface area contributed by atoms with E-state index in [0.717, 1.165) is 18.6 Å². The van der Waals surface area contributed by atoms with Gasteiger partial charge < -0.3 is 9.73 Å². The van der Waals surface area contributed by atoms with Gasteiger partial charge in [0.05, 0.1) is 23.4 Å². The van der Waals surface area contributed by atoms with Crippen LogP contribution in [0.15, 0.2) is 40.5 Å². The lowest BCUT2D eigenvalue weighted by Crippen LogP contribution is -2.11. The van der Waals surface area contributed by atoms with Gasteiger partial charge >= 0.3 is 0 Å². The maximum absolute atomic E-state index is 5.49. The second kappa shape index (κ2) is 9.67. The third kappa shape index (κ3) is 5.37. The van der Waals surface area contributed by atoms with Crippen LogP contribution in [0.3, 0.4) is 0 Å². The molecule has 1 N–H and O–H groups in total. The number of allylic oxidation sites excluding steroid dienone is 3. The van der Waals surface area contributed by atoms with Crippen LogP contribution in [-0.4, -0.2) is 0 Å². The fourth-order valence-electron chi connectivity index (χ4n) is 2.83. The summed E-state index contributed by atoms with van der Waals surface area (Å²) in [5.41, 5.74) is 5.36. The molecule has 0 radical (unpaired) electrons. The Morgan fingerprint density at radius 1 is 1.20 bits per heavy atom. The Morgan fingerprint density at radius 3 is 2.64 bits per heavy atom. The van der Waals surface area contributed by atoms with E-state index in [4.69, 9.17) is 4.42 Å². The Balaban J connectivity index is 2.33. The van der Waals surface area contributed by atoms with E-state index in [9.17, 15) is 0 Å². The molecule has 0 bridgehead atoms. The molecule has 2 heterocycles. The number of unbranched alkanes of at least 4 members (excludes halogenated alkanes) is 1. The van der Waals surface area contributed by atoms with Crippen LogP contribution in [-0.2, 0) is 13.0 Å². The summed E-state index contributed by atoms with van der Waals surface area (Å²) in [5.74, 6) is 0.959. The van der Waals surface area contributed by atoms with Crippen molar-refractivity contribution < 1.29 is 4.42 Å². The molecule has 0 fully saturated rings. The van der Waals surface area contributed by atoms with Crippen LogP contribution in [0, 0.1) is 13.8 Å². The summed E-state index contributed by atoms with van der Waals surface area (Å²) in [6.45, 7) is 11.9. The molecule has 0 unspecified atom stereocenters. The molecule has 2 aromatic rings. The van der Waals surface area contributed by atoms with Gasteiger partial charge in [0.1, 0.15) is 5.76 Å². The normalized spacial score (nSPS) is 12.7. The smallest absolute Gasteiger partial charge is 0.122 e. The Morgan fingerprint density at radius 2 is 2.00 bits per heavy atom. The predicted octanol–water partition coefficient (Wildman–Crippen LogP) is 6.79. The van der Waals surface area contributed by atoms with Crippen LogP contribution >= 0.6 is 11.3 Å². The molecule has 25 heavy (non-hydrogen) atoms. The minimum absolute atomic E-state index is 0.708. The molecule has 0 atom stereocenters. The van der Waals surface area contributed by atoms with Crippen molar-refractivity contribution in [2.75, 3.05) is 0 Å². The number of hydrogen-bond donors (Lipinski definition) is 1. The lowest BCUT2D eigenvalue weighted by atomic mass is 10.1. The first-order chi connectivity index (χ1) is 12.1. The molecule has 0 spiro atoms. The van der Waals surface area contributed by atoms with Crippen molar-refractivity contribution in [3.8, 4) is 0 Å². The molecule has 0 aromatic carbocycles. The van der Waals surface area contributed by atoms with E-state index >= 15 is 0 Å². The molecule has 3 heteroatoms. The second-order valence-corrected chi connectivity index (χ2v) is 7.69. The van der Waals surface area contributed by atoms with E-state index in [-0.39, 0.29) is 0 Å². The van der Waals surface area contributed by atoms with Crippen LogP contribution in [0.1, 0.15) is 66.7 Å². The predicted molar refractivity (Wildman–Crippen MR) is 110 cm³/mol. The second-order valence-electron chi connectivity index (χ2n) is 6.58. The van der Waals surface area contributed by atoms with Gasteiger partial charge in [0.2, 0.25) is 0 Å². The van der Waals surface area contributed by atoms with Crippen molar-refractivity contribution in [1.82, 2.24) is 5.32 Å². The highest BCUT2D eigenvalue weighted by atomic mass is 32.1. The summed E-state index contributed by atoms with van der Waals surface area (Å²) >= 11 is 1.93. The summed E-state index contributed by atoms with van der Waals surface area (Å²) in [6.07, 6.45) is 11.0. The third-order valence-electron chi connectivity index (χ3n) is 4.43. The van der Waals surface area contributed by atoms with Crippen molar-refractivity contribution in [2.45, 2.75) is 66.8 Å². The van der Waals surface area contributed by atoms with Gasteiger partial charge in [-0.3, -0.25) is 0 Å². The van der Waals surface area contributed by atoms with Crippen LogP contribution in [0.5, 0.6) is 0 Å². The first kappa shape index (κ1) is 19.6. The number of furan rings is 1. The van der Waals surface area contributed by atoms with Crippen molar-refractivity contribution in [3.63, 3.8) is 0 Å². The Kier molecular flexibility index (Phi) is 7.57. The SMILES string of the molecule is CCC/C=C(C)/C=C(/NCc1ccco1)c1sc(CCC)c(C)c1C. The van der Waals surface area contributed by atoms with Crippen molar-refractivity contribution in [2.24, 2.45) is 0 Å². The summed E-state index contributed by atoms with van der Waals surface area (Å²) in [6, 6.07) is 3.95. The monoisotopic (exact) mass is 357 g/mol. The standard InChI is InChI=1S/C22H31NOS/c1-6-8-11-16(3)14-20(23-15-19-12-9-13-24-19)22-18(5)17(4)21(25-22)10-7-2/h9,11-14,23H,6-8,10,15H2,1-5H3/b16-11+,20-14+. The zero-order valence-electron chi connectivity index (χ0n) is 16.2. The third-order valence-corrected chi connectivity index (χ3v) is 5.92. The van der Waals surface area contributed by atoms with Crippen molar-refractivity contribution in [3.05, 3.63) is 62.8 Å². The number of nitrogens with one attached hydrogen (secondary N) is 1. The van der Waals surface area contributed by atoms with Crippen molar-refractivity contribution >= 4 is 17.0 Å². The van der Waals surface area contributed by atoms with E-state index < -0.39 is 0 Å². The Hall–Kier alpha value is -1.74. The average molecular weight is 358 g/mol. The quantitative estimate of drug-likeness (QED) is 0.500. The highest BCUT2D eigenvalue weighted by Gasteiger charge is 2.15. The lowest BCUT2D eigenvalue weighted by molar-refractivity contribution is 0.501. The zero-order valence-corrected chi connectivity index (χ0v) is 17.1. The summed E-state index contributed by atoms with van der Waals surface area (Å²) in [5, 5.41) is 3.61. The van der Waals surface area contributed by atoms with Gasteiger partial charge in [-0.2, -0.15) is 0 Å². The van der Waals surface area contributed by atoms with E-state index in [1.807, 2.05) is 23.5 Å². The molecule has 2 aromatic heterocycles. The van der Waals surface area contributed by atoms with Gasteiger partial charge in [0.15, 0.2) is 0 Å². The van der Waals surface area contributed by atoms with E-state index in [2.05, 4.69) is 52.1 Å². The summed E-state index contributed by atoms with van der Waals surface area (Å²) in [7, 11) is 0. The number of thiophene rings is 1. The first-order valence-electron chi connectivity index (χ1n) is 9.30. The summed E-state index contributed by atoms with van der Waals surface area (Å²) < 4.78 is 5.49. The van der Waals surface area contributed by atoms with Gasteiger partial charge in [-0.1, -0.05) is 38.3 Å². The highest BCUT2D eigenvalue weighted by Crippen LogP contribution is 2.33. The molecular weight excluding hydrogens is 326 g/mol. The molecule has 0 saturated carbocycles. The van der Waals surface area contributed by atoms with Gasteiger partial charge in [0, 0.05) is 4.88 Å². The fourth-order valence-corrected chi connectivity index (χ4v) is 4.24. The number of aryl methyl sites for hydroxylation is 1. The highest BCUT2D eigenvalue weighted by molar-refractivity contribution is 7.13. The summed E-state index contributed by atoms with van der Waals surface area (Å²) in [4.78, 5) is 2.87. The maximum atomic E-state index is 5.49. The van der Waals surface area contributed by atoms with Gasteiger partial charge in [-0.15, -0.1) is 11.3 Å². The molecule has 2 nitrogen and oxygen atoms in total. The average Bonchev–Trinajstić information content (AvgIpc) is 3.21. The molecule has 0 aliphatic rings. The molecule has 0 aliphatic heterocycles. The van der Waals surface area contributed by atoms with Crippen LogP contribution < -0.4 is 5.32 Å². The van der Waals surface area contributed by atoms with Crippen LogP contribution in [0.4, 0.5) is 0 Å². The van der Waals surface area contributed by atoms with Gasteiger partial charge in [0.25, 0.3) is 0 Å². The van der Waals surface area contributed by atoms with E-state index in [1.165, 1.54) is 45.0 Å². The largest absolute Gasteiger partial charge is 0.467 e. The van der Waals surface area contributed by atoms with Crippen LogP contribution in [0.25, 0.3) is 5.70 Å². The first-order valence-corrected chi connectivity index (χ1v) is 10.1. The lowest BCUT2D eigenvalue weighted by Gasteiger charge is -2.11. The minimum Gasteiger partial charge on any atom is -0.467 e. The minimum atomic E-state index is 0.708. The van der Waals surface area contributed by atoms with Crippen LogP contribution in [0.2, 0.25) is 0 Å². The molecule has 136 valence electrons. The molecule has 2 rings (SSSR count). The molecule has 0 amide bonds. The van der Waals surface area contributed by atoms with Crippen molar-refractivity contribution in [1.29, 1.82) is 0 Å². The van der Waals surface area contributed by atoms with Gasteiger partial charge in [-0.25, -0.2) is 0 Å². The zero-order chi connectivity index (χ0) is 18.2. The Labute approximate surface area is 156 Å². The topological polar surface area (TPSA) is 25.2 Å². The van der Waals surface area contributed by atoms with Gasteiger partial charge in [-0.05, 0) is 62.9 Å². The fraction of sp³-hybridized carbons (Fsp3) is 0.455. The molecular formula is C22H31NOS. The van der Waals surface area contributed by atoms with E-state index in [1.54, 1.807) is 6.26 Å². The maximum Gasteiger partial charge on any atom is 0.122 e. The Bertz CT molecular complexity index is 720. The van der Waals surface area contributed by atoms with E-state index in [0.29, 0.717) is 6.54 Å².